The van der Waals surface area contributed by atoms with Crippen LogP contribution in [-0.4, -0.2) is 49.1 Å². The minimum absolute atomic E-state index is 0.106. The molecule has 0 spiro atoms. The van der Waals surface area contributed by atoms with E-state index in [1.54, 1.807) is 35.1 Å². The summed E-state index contributed by atoms with van der Waals surface area (Å²) >= 11 is 0. The highest BCUT2D eigenvalue weighted by molar-refractivity contribution is 5.94. The number of aromatic nitrogens is 3. The molecule has 0 bridgehead atoms. The van der Waals surface area contributed by atoms with Crippen LogP contribution in [0.4, 0.5) is 4.39 Å². The van der Waals surface area contributed by atoms with Gasteiger partial charge in [-0.25, -0.2) is 9.07 Å². The number of carbonyl (C=O) groups is 2. The molecule has 9 nitrogen and oxygen atoms in total. The molecule has 0 radical (unpaired) electrons. The van der Waals surface area contributed by atoms with Crippen LogP contribution >= 0.6 is 0 Å². The molecule has 0 saturated heterocycles. The van der Waals surface area contributed by atoms with E-state index in [1.165, 1.54) is 12.1 Å². The van der Waals surface area contributed by atoms with E-state index in [-0.39, 0.29) is 37.4 Å². The highest BCUT2D eigenvalue weighted by atomic mass is 19.1. The maximum atomic E-state index is 13.6. The lowest BCUT2D eigenvalue weighted by molar-refractivity contribution is -0.307. The Morgan fingerprint density at radius 3 is 2.44 bits per heavy atom. The average Bonchev–Trinajstić information content (AvgIpc) is 3.21. The largest absolute Gasteiger partial charge is 0.550 e. The van der Waals surface area contributed by atoms with Crippen LogP contribution in [0.1, 0.15) is 66.5 Å². The molecule has 3 N–H and O–H groups in total. The van der Waals surface area contributed by atoms with E-state index < -0.39 is 36.3 Å². The van der Waals surface area contributed by atoms with Crippen molar-refractivity contribution in [3.63, 3.8) is 0 Å². The van der Waals surface area contributed by atoms with E-state index in [2.05, 4.69) is 15.4 Å². The van der Waals surface area contributed by atoms with Gasteiger partial charge in [-0.15, -0.1) is 0 Å². The van der Waals surface area contributed by atoms with Gasteiger partial charge in [-0.3, -0.25) is 9.78 Å². The molecule has 0 fully saturated rings. The van der Waals surface area contributed by atoms with Gasteiger partial charge < -0.3 is 25.4 Å². The van der Waals surface area contributed by atoms with Gasteiger partial charge in [0.1, 0.15) is 5.82 Å². The molecule has 192 valence electrons. The van der Waals surface area contributed by atoms with Gasteiger partial charge in [-0.1, -0.05) is 19.9 Å². The fourth-order valence-electron chi connectivity index (χ4n) is 4.04. The Morgan fingerprint density at radius 2 is 1.83 bits per heavy atom. The number of aliphatic carboxylic acids is 1. The SMILES string of the molecule is CC(C)c1c(C(=O)NCc2ccccn2)nn(-c2ccc(F)cc2)c1CC[C@@H](O)C[C@@H](O)CC(=O)[O-]. The summed E-state index contributed by atoms with van der Waals surface area (Å²) in [5.41, 5.74) is 2.79. The van der Waals surface area contributed by atoms with Crippen LogP contribution in [0, 0.1) is 5.82 Å². The summed E-state index contributed by atoms with van der Waals surface area (Å²) in [5.74, 6) is -2.31. The Kier molecular flexibility index (Phi) is 9.26. The molecule has 0 saturated carbocycles. The standard InChI is InChI=1S/C26H31FN4O5/c1-16(2)24-22(11-10-20(32)13-21(33)14-23(34)35)31(19-8-6-17(27)7-9-19)30-25(24)26(36)29-15-18-5-3-4-12-28-18/h3-9,12,16,20-21,32-33H,10-11,13-15H2,1-2H3,(H,29,36)(H,34,35)/p-1/t20-,21-/m1/s1. The summed E-state index contributed by atoms with van der Waals surface area (Å²) in [6.45, 7) is 4.06. The lowest BCUT2D eigenvalue weighted by Crippen LogP contribution is -2.29. The number of halogens is 1. The zero-order chi connectivity index (χ0) is 26.2. The van der Waals surface area contributed by atoms with Gasteiger partial charge in [0, 0.05) is 29.8 Å². The van der Waals surface area contributed by atoms with Crippen LogP contribution in [-0.2, 0) is 17.8 Å². The monoisotopic (exact) mass is 497 g/mol. The number of carboxylic acids is 1. The third-order valence-corrected chi connectivity index (χ3v) is 5.70. The predicted octanol–water partition coefficient (Wildman–Crippen LogP) is 1.64. The second kappa shape index (κ2) is 12.4. The van der Waals surface area contributed by atoms with Gasteiger partial charge in [0.25, 0.3) is 5.91 Å². The molecule has 2 aromatic heterocycles. The van der Waals surface area contributed by atoms with Crippen LogP contribution in [0.3, 0.4) is 0 Å². The quantitative estimate of drug-likeness (QED) is 0.346. The first-order valence-electron chi connectivity index (χ1n) is 11.8. The van der Waals surface area contributed by atoms with E-state index in [4.69, 9.17) is 0 Å². The normalized spacial score (nSPS) is 12.9. The van der Waals surface area contributed by atoms with Crippen molar-refractivity contribution in [3.8, 4) is 5.69 Å². The number of aliphatic hydroxyl groups is 2. The summed E-state index contributed by atoms with van der Waals surface area (Å²) in [6, 6.07) is 11.1. The zero-order valence-electron chi connectivity index (χ0n) is 20.2. The van der Waals surface area contributed by atoms with Crippen molar-refractivity contribution in [3.05, 3.63) is 77.1 Å². The van der Waals surface area contributed by atoms with E-state index in [0.29, 0.717) is 22.6 Å². The fourth-order valence-corrected chi connectivity index (χ4v) is 4.04. The minimum Gasteiger partial charge on any atom is -0.550 e. The number of hydrogen-bond acceptors (Lipinski definition) is 7. The third kappa shape index (κ3) is 7.19. The molecule has 36 heavy (non-hydrogen) atoms. The van der Waals surface area contributed by atoms with E-state index in [0.717, 1.165) is 0 Å². The maximum Gasteiger partial charge on any atom is 0.272 e. The van der Waals surface area contributed by atoms with Crippen molar-refractivity contribution in [2.75, 3.05) is 0 Å². The van der Waals surface area contributed by atoms with Crippen molar-refractivity contribution in [2.24, 2.45) is 0 Å². The fraction of sp³-hybridized carbons (Fsp3) is 0.385. The molecule has 0 aliphatic heterocycles. The minimum atomic E-state index is -1.40. The first-order valence-corrected chi connectivity index (χ1v) is 11.8. The first kappa shape index (κ1) is 27.0. The number of carbonyl (C=O) groups excluding carboxylic acids is 2. The van der Waals surface area contributed by atoms with Crippen molar-refractivity contribution >= 4 is 11.9 Å². The van der Waals surface area contributed by atoms with E-state index in [1.807, 2.05) is 19.9 Å². The number of aliphatic hydroxyl groups excluding tert-OH is 2. The van der Waals surface area contributed by atoms with Crippen molar-refractivity contribution in [2.45, 2.75) is 64.2 Å². The molecular formula is C26H30FN4O5-. The number of amides is 1. The maximum absolute atomic E-state index is 13.6. The highest BCUT2D eigenvalue weighted by Gasteiger charge is 2.26. The molecule has 3 rings (SSSR count). The van der Waals surface area contributed by atoms with Crippen LogP contribution in [0.2, 0.25) is 0 Å². The second-order valence-corrected chi connectivity index (χ2v) is 8.91. The smallest absolute Gasteiger partial charge is 0.272 e. The van der Waals surface area contributed by atoms with Crippen LogP contribution in [0.25, 0.3) is 5.69 Å². The highest BCUT2D eigenvalue weighted by Crippen LogP contribution is 2.28. The molecule has 1 aromatic carbocycles. The van der Waals surface area contributed by atoms with Crippen molar-refractivity contribution in [1.29, 1.82) is 0 Å². The second-order valence-electron chi connectivity index (χ2n) is 8.91. The van der Waals surface area contributed by atoms with Crippen LogP contribution < -0.4 is 10.4 Å². The molecule has 0 aliphatic carbocycles. The lowest BCUT2D eigenvalue weighted by atomic mass is 9.95. The number of nitrogens with one attached hydrogen (secondary N) is 1. The number of rotatable bonds is 12. The Bertz CT molecular complexity index is 1170. The Morgan fingerprint density at radius 1 is 1.11 bits per heavy atom. The summed E-state index contributed by atoms with van der Waals surface area (Å²) < 4.78 is 15.1. The van der Waals surface area contributed by atoms with Crippen molar-refractivity contribution in [1.82, 2.24) is 20.1 Å². The summed E-state index contributed by atoms with van der Waals surface area (Å²) in [4.78, 5) is 28.1. The molecule has 3 aromatic rings. The molecular weight excluding hydrogens is 467 g/mol. The van der Waals surface area contributed by atoms with E-state index >= 15 is 0 Å². The molecule has 2 atom stereocenters. The Labute approximate surface area is 208 Å². The summed E-state index contributed by atoms with van der Waals surface area (Å²) in [5, 5.41) is 38.3. The predicted molar refractivity (Wildman–Crippen MR) is 128 cm³/mol. The van der Waals surface area contributed by atoms with Gasteiger partial charge in [-0.2, -0.15) is 5.10 Å². The number of benzene rings is 1. The summed E-state index contributed by atoms with van der Waals surface area (Å²) in [6.07, 6.45) is -0.814. The van der Waals surface area contributed by atoms with Gasteiger partial charge in [-0.05, 0) is 61.6 Å². The lowest BCUT2D eigenvalue weighted by Gasteiger charge is -2.17. The topological polar surface area (TPSA) is 140 Å². The first-order chi connectivity index (χ1) is 17.2. The van der Waals surface area contributed by atoms with Gasteiger partial charge in [0.2, 0.25) is 0 Å². The average molecular weight is 498 g/mol. The van der Waals surface area contributed by atoms with Crippen molar-refractivity contribution < 1.29 is 29.3 Å². The van der Waals surface area contributed by atoms with E-state index in [9.17, 15) is 29.3 Å². The van der Waals surface area contributed by atoms with Gasteiger partial charge in [0.05, 0.1) is 30.1 Å². The number of pyridine rings is 1. The zero-order valence-corrected chi connectivity index (χ0v) is 20.2. The molecule has 0 unspecified atom stereocenters. The van der Waals surface area contributed by atoms with Gasteiger partial charge >= 0.3 is 0 Å². The molecule has 0 aliphatic rings. The molecule has 2 heterocycles. The molecule has 1 amide bonds. The third-order valence-electron chi connectivity index (χ3n) is 5.70. The number of hydrogen-bond donors (Lipinski definition) is 3. The van der Waals surface area contributed by atoms with Crippen LogP contribution in [0.15, 0.2) is 48.7 Å². The summed E-state index contributed by atoms with van der Waals surface area (Å²) in [7, 11) is 0. The Hall–Kier alpha value is -3.63. The number of carboxylic acid groups (broad SMARTS) is 1. The molecule has 10 heteroatoms. The van der Waals surface area contributed by atoms with Gasteiger partial charge in [0.15, 0.2) is 5.69 Å². The number of nitrogens with zero attached hydrogens (tertiary/aromatic N) is 3. The Balaban J connectivity index is 1.90. The van der Waals surface area contributed by atoms with Crippen LogP contribution in [0.5, 0.6) is 0 Å².